The molecule has 2 N–H and O–H groups in total. The smallest absolute Gasteiger partial charge is 0.328 e. The minimum absolute atomic E-state index is 0.140. The molecular formula is C6H7BrN2O3. The summed E-state index contributed by atoms with van der Waals surface area (Å²) in [5, 5.41) is 8.54. The second-order valence-electron chi connectivity index (χ2n) is 2.15. The summed E-state index contributed by atoms with van der Waals surface area (Å²) in [6, 6.07) is 0. The highest BCUT2D eigenvalue weighted by molar-refractivity contribution is 9.10. The number of halogens is 1. The summed E-state index contributed by atoms with van der Waals surface area (Å²) in [4.78, 5) is 23.9. The molecule has 0 aliphatic carbocycles. The summed E-state index contributed by atoms with van der Waals surface area (Å²) in [7, 11) is 0. The number of nitrogens with zero attached hydrogens (tertiary/aromatic N) is 1. The zero-order valence-electron chi connectivity index (χ0n) is 6.08. The van der Waals surface area contributed by atoms with Crippen LogP contribution < -0.4 is 11.2 Å². The standard InChI is InChI=1S/C6H7BrN2O3/c7-4-3-9(1-2-10)6(12)8-5(4)11/h3,10H,1-2H2,(H,8,11,12). The van der Waals surface area contributed by atoms with Crippen molar-refractivity contribution in [2.45, 2.75) is 6.54 Å². The van der Waals surface area contributed by atoms with Gasteiger partial charge in [-0.25, -0.2) is 4.79 Å². The average molecular weight is 235 g/mol. The van der Waals surface area contributed by atoms with E-state index in [1.165, 1.54) is 10.8 Å². The molecule has 0 unspecified atom stereocenters. The van der Waals surface area contributed by atoms with E-state index in [2.05, 4.69) is 20.9 Å². The zero-order valence-corrected chi connectivity index (χ0v) is 7.67. The van der Waals surface area contributed by atoms with Crippen LogP contribution in [-0.2, 0) is 6.54 Å². The Labute approximate surface area is 75.8 Å². The molecule has 1 heterocycles. The molecule has 1 aromatic rings. The second kappa shape index (κ2) is 3.68. The van der Waals surface area contributed by atoms with Crippen LogP contribution in [0.2, 0.25) is 0 Å². The number of hydrogen-bond donors (Lipinski definition) is 2. The average Bonchev–Trinajstić information content (AvgIpc) is 2.01. The molecule has 0 bridgehead atoms. The Bertz CT molecular complexity index is 381. The molecule has 1 aromatic heterocycles. The van der Waals surface area contributed by atoms with Crippen LogP contribution >= 0.6 is 15.9 Å². The van der Waals surface area contributed by atoms with Crippen molar-refractivity contribution in [2.75, 3.05) is 6.61 Å². The monoisotopic (exact) mass is 234 g/mol. The van der Waals surface area contributed by atoms with Crippen molar-refractivity contribution in [3.8, 4) is 0 Å². The third kappa shape index (κ3) is 1.83. The van der Waals surface area contributed by atoms with Gasteiger partial charge in [0.05, 0.1) is 17.6 Å². The number of aromatic nitrogens is 2. The molecule has 0 aromatic carbocycles. The van der Waals surface area contributed by atoms with E-state index in [0.717, 1.165) is 0 Å². The van der Waals surface area contributed by atoms with E-state index in [0.29, 0.717) is 0 Å². The second-order valence-corrected chi connectivity index (χ2v) is 3.01. The first-order valence-corrected chi connectivity index (χ1v) is 4.04. The molecule has 1 rings (SSSR count). The lowest BCUT2D eigenvalue weighted by Crippen LogP contribution is -2.30. The van der Waals surface area contributed by atoms with Gasteiger partial charge in [0.15, 0.2) is 0 Å². The SMILES string of the molecule is O=c1[nH]c(=O)n(CCO)cc1Br. The number of nitrogens with one attached hydrogen (secondary N) is 1. The normalized spacial score (nSPS) is 10.2. The third-order valence-electron chi connectivity index (χ3n) is 1.31. The molecule has 0 amide bonds. The van der Waals surface area contributed by atoms with Gasteiger partial charge in [0.1, 0.15) is 0 Å². The molecule has 0 aliphatic heterocycles. The van der Waals surface area contributed by atoms with Crippen molar-refractivity contribution in [3.05, 3.63) is 31.5 Å². The Morgan fingerprint density at radius 2 is 2.25 bits per heavy atom. The van der Waals surface area contributed by atoms with Gasteiger partial charge in [0.2, 0.25) is 0 Å². The molecule has 5 nitrogen and oxygen atoms in total. The van der Waals surface area contributed by atoms with Crippen LogP contribution in [-0.4, -0.2) is 21.3 Å². The maximum Gasteiger partial charge on any atom is 0.328 e. The fourth-order valence-corrected chi connectivity index (χ4v) is 1.10. The number of H-pyrrole nitrogens is 1. The number of hydrogen-bond acceptors (Lipinski definition) is 3. The summed E-state index contributed by atoms with van der Waals surface area (Å²) in [5.41, 5.74) is -0.980. The summed E-state index contributed by atoms with van der Waals surface area (Å²) in [6.45, 7) is 0.0343. The highest BCUT2D eigenvalue weighted by Crippen LogP contribution is 1.96. The molecule has 0 saturated carbocycles. The van der Waals surface area contributed by atoms with Gasteiger partial charge >= 0.3 is 5.69 Å². The highest BCUT2D eigenvalue weighted by Gasteiger charge is 1.99. The van der Waals surface area contributed by atoms with Crippen molar-refractivity contribution in [1.29, 1.82) is 0 Å². The van der Waals surface area contributed by atoms with Crippen LogP contribution in [0.15, 0.2) is 20.3 Å². The number of aliphatic hydroxyl groups is 1. The fraction of sp³-hybridized carbons (Fsp3) is 0.333. The van der Waals surface area contributed by atoms with Crippen LogP contribution in [0, 0.1) is 0 Å². The number of aromatic amines is 1. The van der Waals surface area contributed by atoms with Gasteiger partial charge in [-0.3, -0.25) is 14.3 Å². The molecule has 0 saturated heterocycles. The molecule has 6 heteroatoms. The predicted molar refractivity (Wildman–Crippen MR) is 46.1 cm³/mol. The van der Waals surface area contributed by atoms with Gasteiger partial charge in [-0.15, -0.1) is 0 Å². The van der Waals surface area contributed by atoms with Gasteiger partial charge in [0.25, 0.3) is 5.56 Å². The van der Waals surface area contributed by atoms with Crippen molar-refractivity contribution >= 4 is 15.9 Å². The summed E-state index contributed by atoms with van der Waals surface area (Å²) < 4.78 is 1.49. The van der Waals surface area contributed by atoms with Crippen molar-refractivity contribution in [1.82, 2.24) is 9.55 Å². The van der Waals surface area contributed by atoms with E-state index in [4.69, 9.17) is 5.11 Å². The molecule has 0 aliphatic rings. The Kier molecular flexibility index (Phi) is 2.83. The predicted octanol–water partition coefficient (Wildman–Crippen LogP) is -0.709. The quantitative estimate of drug-likeness (QED) is 0.711. The summed E-state index contributed by atoms with van der Waals surface area (Å²) >= 11 is 2.97. The molecular weight excluding hydrogens is 228 g/mol. The maximum absolute atomic E-state index is 11.0. The molecule has 0 atom stereocenters. The van der Waals surface area contributed by atoms with Crippen molar-refractivity contribution < 1.29 is 5.11 Å². The lowest BCUT2D eigenvalue weighted by atomic mass is 10.6. The Morgan fingerprint density at radius 3 is 2.83 bits per heavy atom. The zero-order chi connectivity index (χ0) is 9.14. The number of aliphatic hydroxyl groups excluding tert-OH is 1. The largest absolute Gasteiger partial charge is 0.395 e. The Morgan fingerprint density at radius 1 is 1.58 bits per heavy atom. The maximum atomic E-state index is 11.0. The van der Waals surface area contributed by atoms with E-state index in [9.17, 15) is 9.59 Å². The summed E-state index contributed by atoms with van der Waals surface area (Å²) in [5.74, 6) is 0. The van der Waals surface area contributed by atoms with Gasteiger partial charge in [-0.05, 0) is 15.9 Å². The molecule has 0 spiro atoms. The fourth-order valence-electron chi connectivity index (χ4n) is 0.757. The van der Waals surface area contributed by atoms with Gasteiger partial charge in [-0.2, -0.15) is 0 Å². The van der Waals surface area contributed by atoms with Crippen molar-refractivity contribution in [2.24, 2.45) is 0 Å². The lowest BCUT2D eigenvalue weighted by Gasteiger charge is -2.00. The van der Waals surface area contributed by atoms with Crippen LogP contribution in [0.4, 0.5) is 0 Å². The number of rotatable bonds is 2. The third-order valence-corrected chi connectivity index (χ3v) is 1.87. The molecule has 12 heavy (non-hydrogen) atoms. The van der Waals surface area contributed by atoms with Crippen LogP contribution in [0.25, 0.3) is 0 Å². The Balaban J connectivity index is 3.24. The van der Waals surface area contributed by atoms with Crippen LogP contribution in [0.3, 0.4) is 0 Å². The molecule has 66 valence electrons. The lowest BCUT2D eigenvalue weighted by molar-refractivity contribution is 0.273. The Hall–Kier alpha value is -0.880. The molecule has 0 radical (unpaired) electrons. The topological polar surface area (TPSA) is 75.1 Å². The first kappa shape index (κ1) is 9.21. The first-order chi connectivity index (χ1) is 5.65. The van der Waals surface area contributed by atoms with Crippen LogP contribution in [0.1, 0.15) is 0 Å². The van der Waals surface area contributed by atoms with E-state index in [1.54, 1.807) is 0 Å². The first-order valence-electron chi connectivity index (χ1n) is 3.25. The van der Waals surface area contributed by atoms with E-state index in [-0.39, 0.29) is 17.6 Å². The summed E-state index contributed by atoms with van der Waals surface area (Å²) in [6.07, 6.45) is 1.34. The van der Waals surface area contributed by atoms with E-state index >= 15 is 0 Å². The van der Waals surface area contributed by atoms with Gasteiger partial charge in [-0.1, -0.05) is 0 Å². The molecule has 0 fully saturated rings. The van der Waals surface area contributed by atoms with Crippen molar-refractivity contribution in [3.63, 3.8) is 0 Å². The minimum atomic E-state index is -0.516. The van der Waals surface area contributed by atoms with E-state index < -0.39 is 11.2 Å². The minimum Gasteiger partial charge on any atom is -0.395 e. The van der Waals surface area contributed by atoms with Crippen LogP contribution in [0.5, 0.6) is 0 Å². The van der Waals surface area contributed by atoms with E-state index in [1.807, 2.05) is 0 Å². The van der Waals surface area contributed by atoms with Gasteiger partial charge in [0, 0.05) is 6.20 Å². The van der Waals surface area contributed by atoms with Gasteiger partial charge < -0.3 is 5.11 Å². The highest BCUT2D eigenvalue weighted by atomic mass is 79.9.